The summed E-state index contributed by atoms with van der Waals surface area (Å²) < 4.78 is 1.07. The first-order chi connectivity index (χ1) is 11.7. The molecule has 0 radical (unpaired) electrons. The van der Waals surface area contributed by atoms with Gasteiger partial charge in [-0.05, 0) is 30.3 Å². The number of thiazole rings is 1. The van der Waals surface area contributed by atoms with Gasteiger partial charge in [-0.2, -0.15) is 0 Å². The summed E-state index contributed by atoms with van der Waals surface area (Å²) in [7, 11) is 1.55. The molecule has 0 atom stereocenters. The Hall–Kier alpha value is -2.99. The largest absolute Gasteiger partial charge is 0.355 e. The fourth-order valence-corrected chi connectivity index (χ4v) is 3.08. The quantitative estimate of drug-likeness (QED) is 0.718. The zero-order valence-corrected chi connectivity index (χ0v) is 13.8. The van der Waals surface area contributed by atoms with Gasteiger partial charge in [0.15, 0.2) is 0 Å². The Bertz CT molecular complexity index is 898. The highest BCUT2D eigenvalue weighted by Gasteiger charge is 2.10. The molecule has 120 valence electrons. The summed E-state index contributed by atoms with van der Waals surface area (Å²) in [6, 6.07) is 14.7. The summed E-state index contributed by atoms with van der Waals surface area (Å²) in [5.41, 5.74) is 1.80. The molecule has 0 aliphatic heterocycles. The van der Waals surface area contributed by atoms with Crippen LogP contribution in [0.2, 0.25) is 0 Å². The van der Waals surface area contributed by atoms with Crippen LogP contribution >= 0.6 is 11.3 Å². The molecular weight excluding hydrogens is 322 g/mol. The monoisotopic (exact) mass is 337 g/mol. The van der Waals surface area contributed by atoms with Gasteiger partial charge in [-0.25, -0.2) is 4.98 Å². The minimum absolute atomic E-state index is 0.249. The molecule has 0 spiro atoms. The van der Waals surface area contributed by atoms with E-state index in [1.165, 1.54) is 17.4 Å². The summed E-state index contributed by atoms with van der Waals surface area (Å²) in [6.07, 6.45) is 3.08. The van der Waals surface area contributed by atoms with E-state index in [1.807, 2.05) is 24.3 Å². The van der Waals surface area contributed by atoms with Crippen LogP contribution < -0.4 is 10.6 Å². The smallest absolute Gasteiger partial charge is 0.253 e. The van der Waals surface area contributed by atoms with Gasteiger partial charge in [-0.1, -0.05) is 24.3 Å². The average Bonchev–Trinajstić information content (AvgIpc) is 3.03. The Kier molecular flexibility index (Phi) is 4.67. The van der Waals surface area contributed by atoms with E-state index in [4.69, 9.17) is 0 Å². The molecule has 24 heavy (non-hydrogen) atoms. The van der Waals surface area contributed by atoms with Gasteiger partial charge in [-0.3, -0.25) is 9.59 Å². The minimum atomic E-state index is -0.314. The third-order valence-corrected chi connectivity index (χ3v) is 4.35. The normalized spacial score (nSPS) is 10.9. The highest BCUT2D eigenvalue weighted by molar-refractivity contribution is 7.19. The molecule has 6 heteroatoms. The second-order valence-corrected chi connectivity index (χ2v) is 6.03. The number of hydrogen-bond donors (Lipinski definition) is 2. The van der Waals surface area contributed by atoms with Crippen LogP contribution in [-0.2, 0) is 4.79 Å². The molecule has 0 saturated carbocycles. The van der Waals surface area contributed by atoms with E-state index in [2.05, 4.69) is 15.6 Å². The SMILES string of the molecule is CNC(=O)c1ccccc1NC(=O)/C=C/c1nc2ccccc2s1. The molecule has 0 aliphatic carbocycles. The Labute approximate surface area is 143 Å². The van der Waals surface area contributed by atoms with E-state index in [0.29, 0.717) is 11.3 Å². The summed E-state index contributed by atoms with van der Waals surface area (Å²) in [5, 5.41) is 6.03. The molecular formula is C18H15N3O2S. The molecule has 1 heterocycles. The van der Waals surface area contributed by atoms with Crippen LogP contribution in [0.4, 0.5) is 5.69 Å². The fraction of sp³-hybridized carbons (Fsp3) is 0.0556. The highest BCUT2D eigenvalue weighted by Crippen LogP contribution is 2.22. The van der Waals surface area contributed by atoms with Crippen LogP contribution in [0.25, 0.3) is 16.3 Å². The average molecular weight is 337 g/mol. The van der Waals surface area contributed by atoms with Crippen molar-refractivity contribution in [2.45, 2.75) is 0 Å². The van der Waals surface area contributed by atoms with E-state index in [0.717, 1.165) is 15.2 Å². The first kappa shape index (κ1) is 15.9. The zero-order chi connectivity index (χ0) is 16.9. The van der Waals surface area contributed by atoms with E-state index >= 15 is 0 Å². The standard InChI is InChI=1S/C18H15N3O2S/c1-19-18(23)12-6-2-3-7-13(12)20-16(22)10-11-17-21-14-8-4-5-9-15(14)24-17/h2-11H,1H3,(H,19,23)(H,20,22)/b11-10+. The predicted molar refractivity (Wildman–Crippen MR) is 97.1 cm³/mol. The topological polar surface area (TPSA) is 71.1 Å². The van der Waals surface area contributed by atoms with Crippen molar-refractivity contribution in [1.82, 2.24) is 10.3 Å². The molecule has 2 N–H and O–H groups in total. The highest BCUT2D eigenvalue weighted by atomic mass is 32.1. The maximum atomic E-state index is 12.1. The predicted octanol–water partition coefficient (Wildman–Crippen LogP) is 3.31. The molecule has 0 saturated heterocycles. The van der Waals surface area contributed by atoms with Gasteiger partial charge in [0.05, 0.1) is 21.5 Å². The third kappa shape index (κ3) is 3.49. The Morgan fingerprint density at radius 3 is 2.62 bits per heavy atom. The number of fused-ring (bicyclic) bond motifs is 1. The molecule has 0 fully saturated rings. The molecule has 0 bridgehead atoms. The summed E-state index contributed by atoms with van der Waals surface area (Å²) in [4.78, 5) is 28.4. The molecule has 1 aromatic heterocycles. The second-order valence-electron chi connectivity index (χ2n) is 4.97. The van der Waals surface area contributed by atoms with Gasteiger partial charge in [0.2, 0.25) is 5.91 Å². The van der Waals surface area contributed by atoms with E-state index in [9.17, 15) is 9.59 Å². The molecule has 5 nitrogen and oxygen atoms in total. The number of para-hydroxylation sites is 2. The van der Waals surface area contributed by atoms with Crippen molar-refractivity contribution in [3.05, 3.63) is 65.2 Å². The second kappa shape index (κ2) is 7.06. The van der Waals surface area contributed by atoms with Crippen molar-refractivity contribution >= 4 is 45.1 Å². The third-order valence-electron chi connectivity index (χ3n) is 3.34. The number of rotatable bonds is 4. The number of nitrogens with one attached hydrogen (secondary N) is 2. The van der Waals surface area contributed by atoms with Crippen molar-refractivity contribution in [2.24, 2.45) is 0 Å². The fourth-order valence-electron chi connectivity index (χ4n) is 2.21. The van der Waals surface area contributed by atoms with Gasteiger partial charge in [0.1, 0.15) is 5.01 Å². The van der Waals surface area contributed by atoms with E-state index in [-0.39, 0.29) is 11.8 Å². The van der Waals surface area contributed by atoms with Gasteiger partial charge < -0.3 is 10.6 Å². The number of carbonyl (C=O) groups excluding carboxylic acids is 2. The van der Waals surface area contributed by atoms with Crippen LogP contribution in [0.15, 0.2) is 54.6 Å². The first-order valence-corrected chi connectivity index (χ1v) is 8.15. The van der Waals surface area contributed by atoms with Gasteiger partial charge in [0, 0.05) is 13.1 Å². The number of anilines is 1. The lowest BCUT2D eigenvalue weighted by atomic mass is 10.1. The van der Waals surface area contributed by atoms with E-state index in [1.54, 1.807) is 37.4 Å². The molecule has 0 unspecified atom stereocenters. The van der Waals surface area contributed by atoms with Crippen molar-refractivity contribution in [3.8, 4) is 0 Å². The Morgan fingerprint density at radius 1 is 1.08 bits per heavy atom. The Morgan fingerprint density at radius 2 is 1.83 bits per heavy atom. The molecule has 0 aliphatic rings. The van der Waals surface area contributed by atoms with Crippen molar-refractivity contribution in [1.29, 1.82) is 0 Å². The molecule has 2 aromatic carbocycles. The van der Waals surface area contributed by atoms with Gasteiger partial charge in [-0.15, -0.1) is 11.3 Å². The lowest BCUT2D eigenvalue weighted by Crippen LogP contribution is -2.20. The minimum Gasteiger partial charge on any atom is -0.355 e. The van der Waals surface area contributed by atoms with E-state index < -0.39 is 0 Å². The number of aromatic nitrogens is 1. The van der Waals surface area contributed by atoms with Crippen LogP contribution in [0.5, 0.6) is 0 Å². The van der Waals surface area contributed by atoms with Gasteiger partial charge in [0.25, 0.3) is 5.91 Å². The number of nitrogens with zero attached hydrogens (tertiary/aromatic N) is 1. The molecule has 3 aromatic rings. The summed E-state index contributed by atoms with van der Waals surface area (Å²) >= 11 is 1.52. The van der Waals surface area contributed by atoms with Crippen LogP contribution in [0.1, 0.15) is 15.4 Å². The van der Waals surface area contributed by atoms with Crippen LogP contribution in [0.3, 0.4) is 0 Å². The number of carbonyl (C=O) groups is 2. The zero-order valence-electron chi connectivity index (χ0n) is 12.9. The van der Waals surface area contributed by atoms with Crippen LogP contribution in [-0.4, -0.2) is 23.8 Å². The number of benzene rings is 2. The first-order valence-electron chi connectivity index (χ1n) is 7.33. The maximum Gasteiger partial charge on any atom is 0.253 e. The van der Waals surface area contributed by atoms with Crippen molar-refractivity contribution < 1.29 is 9.59 Å². The Balaban J connectivity index is 1.75. The number of amides is 2. The van der Waals surface area contributed by atoms with Gasteiger partial charge >= 0.3 is 0 Å². The van der Waals surface area contributed by atoms with Crippen molar-refractivity contribution in [3.63, 3.8) is 0 Å². The lowest BCUT2D eigenvalue weighted by Gasteiger charge is -2.08. The summed E-state index contributed by atoms with van der Waals surface area (Å²) in [5.74, 6) is -0.563. The molecule has 2 amide bonds. The lowest BCUT2D eigenvalue weighted by molar-refractivity contribution is -0.111. The maximum absolute atomic E-state index is 12.1. The molecule has 3 rings (SSSR count). The summed E-state index contributed by atoms with van der Waals surface area (Å²) in [6.45, 7) is 0. The van der Waals surface area contributed by atoms with Crippen LogP contribution in [0, 0.1) is 0 Å². The van der Waals surface area contributed by atoms with Crippen molar-refractivity contribution in [2.75, 3.05) is 12.4 Å². The number of hydrogen-bond acceptors (Lipinski definition) is 4.